The molecule has 1 amide bonds. The van der Waals surface area contributed by atoms with Gasteiger partial charge in [0, 0.05) is 37.8 Å². The molecule has 0 bridgehead atoms. The minimum absolute atomic E-state index is 0.0303. The number of carbonyl (C=O) groups is 1. The molecule has 0 saturated carbocycles. The van der Waals surface area contributed by atoms with Gasteiger partial charge in [0.25, 0.3) is 0 Å². The summed E-state index contributed by atoms with van der Waals surface area (Å²) in [5.41, 5.74) is 2.96. The van der Waals surface area contributed by atoms with Crippen molar-refractivity contribution in [2.24, 2.45) is 0 Å². The zero-order chi connectivity index (χ0) is 20.2. The van der Waals surface area contributed by atoms with Crippen LogP contribution in [0.15, 0.2) is 24.3 Å². The smallest absolute Gasteiger partial charge is 0.238 e. The standard InChI is InChI=1S/C21H28N6O2/c1-22-20-16-12-27(13-19(28)24-14-5-7-15(29-2)8-6-14)11-9-17(16)25-21(26-20)18-4-3-10-23-18/h5-8,18,23H,3-4,9-13H2,1-2H3,(H,24,28)(H,22,25,26)/t18-/m1/s1. The maximum Gasteiger partial charge on any atom is 0.238 e. The Labute approximate surface area is 171 Å². The summed E-state index contributed by atoms with van der Waals surface area (Å²) in [5.74, 6) is 2.50. The lowest BCUT2D eigenvalue weighted by molar-refractivity contribution is -0.117. The SMILES string of the molecule is CNc1nc([C@H]2CCCN2)nc2c1CN(CC(=O)Nc1ccc(OC)cc1)CC2. The van der Waals surface area contributed by atoms with Crippen LogP contribution in [0, 0.1) is 0 Å². The first-order valence-electron chi connectivity index (χ1n) is 10.1. The Morgan fingerprint density at radius 1 is 1.31 bits per heavy atom. The Balaban J connectivity index is 1.41. The number of methoxy groups -OCH3 is 1. The van der Waals surface area contributed by atoms with E-state index in [1.54, 1.807) is 7.11 Å². The molecule has 0 unspecified atom stereocenters. The van der Waals surface area contributed by atoms with E-state index in [0.717, 1.165) is 66.7 Å². The molecule has 29 heavy (non-hydrogen) atoms. The molecule has 0 radical (unpaired) electrons. The molecule has 1 aromatic carbocycles. The highest BCUT2D eigenvalue weighted by atomic mass is 16.5. The summed E-state index contributed by atoms with van der Waals surface area (Å²) in [6.45, 7) is 2.83. The van der Waals surface area contributed by atoms with Crippen LogP contribution in [0.5, 0.6) is 5.75 Å². The largest absolute Gasteiger partial charge is 0.497 e. The number of ether oxygens (including phenoxy) is 1. The molecule has 1 fully saturated rings. The lowest BCUT2D eigenvalue weighted by atomic mass is 10.0. The van der Waals surface area contributed by atoms with Crippen molar-refractivity contribution in [3.05, 3.63) is 41.3 Å². The second-order valence-electron chi connectivity index (χ2n) is 7.49. The first-order chi connectivity index (χ1) is 14.2. The third kappa shape index (κ3) is 4.49. The second-order valence-corrected chi connectivity index (χ2v) is 7.49. The molecule has 3 N–H and O–H groups in total. The topological polar surface area (TPSA) is 91.4 Å². The number of hydrogen-bond donors (Lipinski definition) is 3. The Morgan fingerprint density at radius 2 is 2.14 bits per heavy atom. The number of benzene rings is 1. The minimum atomic E-state index is -0.0303. The third-order valence-corrected chi connectivity index (χ3v) is 5.51. The summed E-state index contributed by atoms with van der Waals surface area (Å²) in [5, 5.41) is 9.65. The highest BCUT2D eigenvalue weighted by Gasteiger charge is 2.26. The van der Waals surface area contributed by atoms with E-state index in [9.17, 15) is 4.79 Å². The van der Waals surface area contributed by atoms with Crippen LogP contribution >= 0.6 is 0 Å². The number of carbonyl (C=O) groups excluding carboxylic acids is 1. The zero-order valence-electron chi connectivity index (χ0n) is 17.0. The van der Waals surface area contributed by atoms with Crippen LogP contribution < -0.4 is 20.7 Å². The predicted molar refractivity (Wildman–Crippen MR) is 112 cm³/mol. The summed E-state index contributed by atoms with van der Waals surface area (Å²) >= 11 is 0. The van der Waals surface area contributed by atoms with Gasteiger partial charge in [-0.2, -0.15) is 0 Å². The van der Waals surface area contributed by atoms with E-state index in [1.807, 2.05) is 31.3 Å². The summed E-state index contributed by atoms with van der Waals surface area (Å²) in [6.07, 6.45) is 3.07. The molecule has 2 aliphatic heterocycles. The highest BCUT2D eigenvalue weighted by Crippen LogP contribution is 2.28. The molecule has 4 rings (SSSR count). The van der Waals surface area contributed by atoms with Crippen LogP contribution in [-0.4, -0.2) is 54.6 Å². The molecule has 3 heterocycles. The third-order valence-electron chi connectivity index (χ3n) is 5.51. The summed E-state index contributed by atoms with van der Waals surface area (Å²) in [4.78, 5) is 24.2. The van der Waals surface area contributed by atoms with Crippen molar-refractivity contribution in [3.8, 4) is 5.75 Å². The van der Waals surface area contributed by atoms with Crippen molar-refractivity contribution in [1.29, 1.82) is 0 Å². The highest BCUT2D eigenvalue weighted by molar-refractivity contribution is 5.92. The molecule has 0 spiro atoms. The van der Waals surface area contributed by atoms with E-state index in [2.05, 4.69) is 20.9 Å². The van der Waals surface area contributed by atoms with E-state index in [-0.39, 0.29) is 11.9 Å². The van der Waals surface area contributed by atoms with Crippen LogP contribution in [0.4, 0.5) is 11.5 Å². The van der Waals surface area contributed by atoms with Gasteiger partial charge >= 0.3 is 0 Å². The van der Waals surface area contributed by atoms with Crippen LogP contribution in [0.2, 0.25) is 0 Å². The molecule has 1 atom stereocenters. The Hall–Kier alpha value is -2.71. The number of fused-ring (bicyclic) bond motifs is 1. The predicted octanol–water partition coefficient (Wildman–Crippen LogP) is 1.95. The number of rotatable bonds is 6. The Kier molecular flexibility index (Phi) is 5.92. The number of nitrogens with zero attached hydrogens (tertiary/aromatic N) is 3. The molecule has 1 aromatic heterocycles. The van der Waals surface area contributed by atoms with E-state index < -0.39 is 0 Å². The van der Waals surface area contributed by atoms with Gasteiger partial charge in [-0.3, -0.25) is 9.69 Å². The second kappa shape index (κ2) is 8.75. The fourth-order valence-corrected chi connectivity index (χ4v) is 3.97. The van der Waals surface area contributed by atoms with Gasteiger partial charge in [0.05, 0.1) is 25.4 Å². The normalized spacial score (nSPS) is 18.9. The molecule has 8 heteroatoms. The van der Waals surface area contributed by atoms with Gasteiger partial charge in [0.15, 0.2) is 0 Å². The van der Waals surface area contributed by atoms with Crippen molar-refractivity contribution in [2.75, 3.05) is 44.4 Å². The van der Waals surface area contributed by atoms with E-state index >= 15 is 0 Å². The summed E-state index contributed by atoms with van der Waals surface area (Å²) < 4.78 is 5.15. The number of aromatic nitrogens is 2. The molecule has 1 saturated heterocycles. The number of nitrogens with one attached hydrogen (secondary N) is 3. The van der Waals surface area contributed by atoms with Crippen molar-refractivity contribution < 1.29 is 9.53 Å². The van der Waals surface area contributed by atoms with Crippen LogP contribution in [0.1, 0.15) is 36.0 Å². The Morgan fingerprint density at radius 3 is 2.83 bits per heavy atom. The van der Waals surface area contributed by atoms with Gasteiger partial charge in [-0.05, 0) is 43.7 Å². The fraction of sp³-hybridized carbons (Fsp3) is 0.476. The quantitative estimate of drug-likeness (QED) is 0.687. The van der Waals surface area contributed by atoms with Gasteiger partial charge in [-0.1, -0.05) is 0 Å². The lowest BCUT2D eigenvalue weighted by Gasteiger charge is -2.29. The molecule has 2 aromatic rings. The van der Waals surface area contributed by atoms with Gasteiger partial charge < -0.3 is 20.7 Å². The summed E-state index contributed by atoms with van der Waals surface area (Å²) in [7, 11) is 3.52. The van der Waals surface area contributed by atoms with Crippen LogP contribution in [0.3, 0.4) is 0 Å². The average molecular weight is 396 g/mol. The number of hydrogen-bond acceptors (Lipinski definition) is 7. The molecular weight excluding hydrogens is 368 g/mol. The average Bonchev–Trinajstić information content (AvgIpc) is 3.28. The van der Waals surface area contributed by atoms with Crippen molar-refractivity contribution in [1.82, 2.24) is 20.2 Å². The molecular formula is C21H28N6O2. The van der Waals surface area contributed by atoms with E-state index in [4.69, 9.17) is 14.7 Å². The minimum Gasteiger partial charge on any atom is -0.497 e. The number of amides is 1. The van der Waals surface area contributed by atoms with E-state index in [1.165, 1.54) is 0 Å². The lowest BCUT2D eigenvalue weighted by Crippen LogP contribution is -2.38. The molecule has 154 valence electrons. The van der Waals surface area contributed by atoms with Crippen molar-refractivity contribution in [3.63, 3.8) is 0 Å². The monoisotopic (exact) mass is 396 g/mol. The first kappa shape index (κ1) is 19.6. The fourth-order valence-electron chi connectivity index (χ4n) is 3.97. The molecule has 2 aliphatic rings. The number of anilines is 2. The van der Waals surface area contributed by atoms with Gasteiger partial charge in [0.2, 0.25) is 5.91 Å². The van der Waals surface area contributed by atoms with Crippen molar-refractivity contribution in [2.45, 2.75) is 31.8 Å². The van der Waals surface area contributed by atoms with Crippen LogP contribution in [-0.2, 0) is 17.8 Å². The maximum atomic E-state index is 12.5. The molecule has 0 aliphatic carbocycles. The van der Waals surface area contributed by atoms with Crippen molar-refractivity contribution >= 4 is 17.4 Å². The van der Waals surface area contributed by atoms with Gasteiger partial charge in [0.1, 0.15) is 17.4 Å². The molecule has 8 nitrogen and oxygen atoms in total. The first-order valence-corrected chi connectivity index (χ1v) is 10.1. The van der Waals surface area contributed by atoms with Crippen LogP contribution in [0.25, 0.3) is 0 Å². The van der Waals surface area contributed by atoms with E-state index in [0.29, 0.717) is 13.1 Å². The zero-order valence-corrected chi connectivity index (χ0v) is 17.0. The van der Waals surface area contributed by atoms with Gasteiger partial charge in [-0.25, -0.2) is 9.97 Å². The Bertz CT molecular complexity index is 847. The maximum absolute atomic E-state index is 12.5. The van der Waals surface area contributed by atoms with Gasteiger partial charge in [-0.15, -0.1) is 0 Å². The summed E-state index contributed by atoms with van der Waals surface area (Å²) in [6, 6.07) is 7.60.